The molecule has 0 aromatic heterocycles. The van der Waals surface area contributed by atoms with Crippen LogP contribution in [0.4, 0.5) is 0 Å². The number of esters is 1. The average molecular weight is 198 g/mol. The number of hydrogen-bond acceptors (Lipinski definition) is 3. The summed E-state index contributed by atoms with van der Waals surface area (Å²) in [5.74, 6) is 1.25. The maximum absolute atomic E-state index is 11.4. The highest BCUT2D eigenvalue weighted by Crippen LogP contribution is 2.45. The lowest BCUT2D eigenvalue weighted by Gasteiger charge is -2.28. The molecular formula is C11H18O3. The van der Waals surface area contributed by atoms with Crippen molar-refractivity contribution in [2.24, 2.45) is 17.8 Å². The van der Waals surface area contributed by atoms with Crippen LogP contribution in [-0.2, 0) is 9.53 Å². The van der Waals surface area contributed by atoms with Crippen molar-refractivity contribution in [1.29, 1.82) is 0 Å². The molecule has 0 aromatic rings. The summed E-state index contributed by atoms with van der Waals surface area (Å²) in [4.78, 5) is 11.4. The first-order chi connectivity index (χ1) is 6.70. The third-order valence-corrected chi connectivity index (χ3v) is 3.82. The summed E-state index contributed by atoms with van der Waals surface area (Å²) in [5, 5.41) is 9.52. The van der Waals surface area contributed by atoms with Crippen LogP contribution in [0.15, 0.2) is 0 Å². The zero-order chi connectivity index (χ0) is 10.1. The van der Waals surface area contributed by atoms with E-state index in [-0.39, 0.29) is 18.0 Å². The van der Waals surface area contributed by atoms with Crippen LogP contribution < -0.4 is 0 Å². The van der Waals surface area contributed by atoms with Crippen LogP contribution in [0.5, 0.6) is 0 Å². The lowest BCUT2D eigenvalue weighted by atomic mass is 9.80. The van der Waals surface area contributed by atoms with Gasteiger partial charge >= 0.3 is 5.97 Å². The van der Waals surface area contributed by atoms with E-state index in [1.165, 1.54) is 7.11 Å². The predicted octanol–water partition coefficient (Wildman–Crippen LogP) is 1.35. The van der Waals surface area contributed by atoms with E-state index in [0.29, 0.717) is 11.8 Å². The molecule has 3 nitrogen and oxygen atoms in total. The number of aliphatic hydroxyl groups is 1. The van der Waals surface area contributed by atoms with E-state index in [0.717, 1.165) is 32.1 Å². The minimum Gasteiger partial charge on any atom is -0.469 e. The van der Waals surface area contributed by atoms with Crippen LogP contribution >= 0.6 is 0 Å². The molecule has 0 spiro atoms. The van der Waals surface area contributed by atoms with E-state index >= 15 is 0 Å². The van der Waals surface area contributed by atoms with Gasteiger partial charge in [0.25, 0.3) is 0 Å². The topological polar surface area (TPSA) is 46.5 Å². The number of methoxy groups -OCH3 is 1. The second kappa shape index (κ2) is 3.89. The van der Waals surface area contributed by atoms with Crippen LogP contribution in [0.25, 0.3) is 0 Å². The molecule has 2 rings (SSSR count). The standard InChI is InChI=1S/C11H18O3/c1-14-11(13)9-4-7-2-3-10(12)6-8(7)5-9/h7-10,12H,2-6H2,1H3. The first-order valence-electron chi connectivity index (χ1n) is 5.46. The van der Waals surface area contributed by atoms with Crippen LogP contribution in [0, 0.1) is 17.8 Å². The number of carbonyl (C=O) groups excluding carboxylic acids is 1. The van der Waals surface area contributed by atoms with E-state index < -0.39 is 0 Å². The second-order valence-corrected chi connectivity index (χ2v) is 4.68. The molecule has 2 aliphatic carbocycles. The number of rotatable bonds is 1. The molecule has 14 heavy (non-hydrogen) atoms. The smallest absolute Gasteiger partial charge is 0.308 e. The summed E-state index contributed by atoms with van der Waals surface area (Å²) in [6, 6.07) is 0. The maximum atomic E-state index is 11.4. The van der Waals surface area contributed by atoms with E-state index in [1.807, 2.05) is 0 Å². The van der Waals surface area contributed by atoms with Crippen LogP contribution in [0.1, 0.15) is 32.1 Å². The average Bonchev–Trinajstić information content (AvgIpc) is 2.59. The van der Waals surface area contributed by atoms with Gasteiger partial charge in [-0.1, -0.05) is 0 Å². The molecule has 0 aromatic carbocycles. The Labute approximate surface area is 84.4 Å². The van der Waals surface area contributed by atoms with Crippen molar-refractivity contribution in [2.45, 2.75) is 38.2 Å². The van der Waals surface area contributed by atoms with Crippen LogP contribution in [-0.4, -0.2) is 24.3 Å². The molecule has 0 aliphatic heterocycles. The van der Waals surface area contributed by atoms with Gasteiger partial charge in [0.2, 0.25) is 0 Å². The zero-order valence-corrected chi connectivity index (χ0v) is 8.61. The van der Waals surface area contributed by atoms with Gasteiger partial charge in [-0.25, -0.2) is 0 Å². The highest BCUT2D eigenvalue weighted by atomic mass is 16.5. The molecule has 2 aliphatic rings. The van der Waals surface area contributed by atoms with Gasteiger partial charge in [-0.05, 0) is 43.9 Å². The molecular weight excluding hydrogens is 180 g/mol. The molecule has 1 N–H and O–H groups in total. The number of aliphatic hydroxyl groups excluding tert-OH is 1. The second-order valence-electron chi connectivity index (χ2n) is 4.68. The molecule has 0 amide bonds. The van der Waals surface area contributed by atoms with Crippen molar-refractivity contribution < 1.29 is 14.6 Å². The quantitative estimate of drug-likeness (QED) is 0.647. The van der Waals surface area contributed by atoms with Crippen molar-refractivity contribution >= 4 is 5.97 Å². The molecule has 0 saturated heterocycles. The summed E-state index contributed by atoms with van der Waals surface area (Å²) in [6.45, 7) is 0. The number of hydrogen-bond donors (Lipinski definition) is 1. The molecule has 4 atom stereocenters. The Kier molecular flexibility index (Phi) is 2.77. The molecule has 0 bridgehead atoms. The Morgan fingerprint density at radius 2 is 1.93 bits per heavy atom. The molecule has 4 unspecified atom stereocenters. The van der Waals surface area contributed by atoms with Gasteiger partial charge in [0, 0.05) is 0 Å². The lowest BCUT2D eigenvalue weighted by molar-refractivity contribution is -0.145. The van der Waals surface area contributed by atoms with Crippen molar-refractivity contribution in [2.75, 3.05) is 7.11 Å². The van der Waals surface area contributed by atoms with E-state index in [4.69, 9.17) is 4.74 Å². The number of ether oxygens (including phenoxy) is 1. The molecule has 80 valence electrons. The molecule has 0 heterocycles. The van der Waals surface area contributed by atoms with E-state index in [1.54, 1.807) is 0 Å². The van der Waals surface area contributed by atoms with Gasteiger partial charge in [0.05, 0.1) is 19.1 Å². The van der Waals surface area contributed by atoms with Crippen molar-refractivity contribution in [3.05, 3.63) is 0 Å². The van der Waals surface area contributed by atoms with Crippen LogP contribution in [0.3, 0.4) is 0 Å². The fraction of sp³-hybridized carbons (Fsp3) is 0.909. The first kappa shape index (κ1) is 9.97. The van der Waals surface area contributed by atoms with E-state index in [9.17, 15) is 9.90 Å². The van der Waals surface area contributed by atoms with Crippen molar-refractivity contribution in [3.8, 4) is 0 Å². The Morgan fingerprint density at radius 3 is 2.64 bits per heavy atom. The Balaban J connectivity index is 1.95. The van der Waals surface area contributed by atoms with Gasteiger partial charge in [0.15, 0.2) is 0 Å². The van der Waals surface area contributed by atoms with E-state index in [2.05, 4.69) is 0 Å². The molecule has 0 radical (unpaired) electrons. The van der Waals surface area contributed by atoms with Crippen molar-refractivity contribution in [1.82, 2.24) is 0 Å². The van der Waals surface area contributed by atoms with Gasteiger partial charge in [-0.15, -0.1) is 0 Å². The highest BCUT2D eigenvalue weighted by molar-refractivity contribution is 5.72. The fourth-order valence-electron chi connectivity index (χ4n) is 3.09. The summed E-state index contributed by atoms with van der Waals surface area (Å²) >= 11 is 0. The van der Waals surface area contributed by atoms with Gasteiger partial charge in [-0.2, -0.15) is 0 Å². The normalized spacial score (nSPS) is 41.9. The Bertz CT molecular complexity index is 227. The Hall–Kier alpha value is -0.570. The fourth-order valence-corrected chi connectivity index (χ4v) is 3.09. The minimum atomic E-state index is -0.132. The lowest BCUT2D eigenvalue weighted by Crippen LogP contribution is -2.23. The molecule has 2 saturated carbocycles. The number of fused-ring (bicyclic) bond motifs is 1. The van der Waals surface area contributed by atoms with Gasteiger partial charge < -0.3 is 9.84 Å². The maximum Gasteiger partial charge on any atom is 0.308 e. The van der Waals surface area contributed by atoms with Gasteiger partial charge in [-0.3, -0.25) is 4.79 Å². The summed E-state index contributed by atoms with van der Waals surface area (Å²) in [5.41, 5.74) is 0. The molecule has 3 heteroatoms. The summed E-state index contributed by atoms with van der Waals surface area (Å²) in [6.07, 6.45) is 4.65. The predicted molar refractivity (Wildman–Crippen MR) is 51.6 cm³/mol. The zero-order valence-electron chi connectivity index (χ0n) is 8.61. The minimum absolute atomic E-state index is 0.0612. The summed E-state index contributed by atoms with van der Waals surface area (Å²) < 4.78 is 4.77. The first-order valence-corrected chi connectivity index (χ1v) is 5.46. The van der Waals surface area contributed by atoms with Crippen LogP contribution in [0.2, 0.25) is 0 Å². The highest BCUT2D eigenvalue weighted by Gasteiger charge is 2.41. The largest absolute Gasteiger partial charge is 0.469 e. The third-order valence-electron chi connectivity index (χ3n) is 3.82. The monoisotopic (exact) mass is 198 g/mol. The van der Waals surface area contributed by atoms with Gasteiger partial charge in [0.1, 0.15) is 0 Å². The molecule has 2 fully saturated rings. The Morgan fingerprint density at radius 1 is 1.21 bits per heavy atom. The van der Waals surface area contributed by atoms with Crippen molar-refractivity contribution in [3.63, 3.8) is 0 Å². The SMILES string of the molecule is COC(=O)C1CC2CCC(O)CC2C1. The third kappa shape index (κ3) is 1.78. The summed E-state index contributed by atoms with van der Waals surface area (Å²) in [7, 11) is 1.46. The number of carbonyl (C=O) groups is 1.